The second kappa shape index (κ2) is 6.61. The normalized spacial score (nSPS) is 12.2. The first-order valence-electron chi connectivity index (χ1n) is 7.05. The van der Waals surface area contributed by atoms with Crippen LogP contribution >= 0.6 is 15.9 Å². The molecule has 0 fully saturated rings. The average molecular weight is 447 g/mol. The Hall–Kier alpha value is -3.02. The molecule has 12 heteroatoms. The molecular weight excluding hydrogens is 440 g/mol. The summed E-state index contributed by atoms with van der Waals surface area (Å²) in [5.41, 5.74) is -2.52. The first-order chi connectivity index (χ1) is 12.6. The summed E-state index contributed by atoms with van der Waals surface area (Å²) in [7, 11) is 0. The highest BCUT2D eigenvalue weighted by molar-refractivity contribution is 9.10. The molecule has 1 aromatic heterocycles. The molecule has 140 valence electrons. The maximum absolute atomic E-state index is 13.6. The number of aromatic nitrogens is 1. The molecule has 0 radical (unpaired) electrons. The number of H-pyrrole nitrogens is 1. The largest absolute Gasteiger partial charge is 0.493 e. The van der Waals surface area contributed by atoms with Crippen LogP contribution < -0.4 is 0 Å². The zero-order chi connectivity index (χ0) is 19.9. The van der Waals surface area contributed by atoms with Crippen molar-refractivity contribution in [1.29, 1.82) is 0 Å². The van der Waals surface area contributed by atoms with Gasteiger partial charge in [-0.3, -0.25) is 10.1 Å². The van der Waals surface area contributed by atoms with Crippen molar-refractivity contribution in [3.63, 3.8) is 0 Å². The zero-order valence-corrected chi connectivity index (χ0v) is 14.5. The molecule has 2 aromatic carbocycles. The number of nitrogens with one attached hydrogen (secondary N) is 1. The molecule has 2 N–H and O–H groups in total. The van der Waals surface area contributed by atoms with Crippen molar-refractivity contribution in [1.82, 2.24) is 4.98 Å². The maximum atomic E-state index is 13.6. The predicted octanol–water partition coefficient (Wildman–Crippen LogP) is 6.12. The van der Waals surface area contributed by atoms with Gasteiger partial charge in [0.05, 0.1) is 16.0 Å². The number of nitro groups is 1. The SMILES string of the molecule is O=[N+]([O-])c1cc(C(F)(F)F)ccc1N=Nc1c(O)[nH]c2c(Br)cc(F)cc12. The van der Waals surface area contributed by atoms with E-state index in [9.17, 15) is 32.8 Å². The van der Waals surface area contributed by atoms with E-state index in [4.69, 9.17) is 0 Å². The lowest BCUT2D eigenvalue weighted by atomic mass is 10.1. The Balaban J connectivity index is 2.10. The van der Waals surface area contributed by atoms with Crippen LogP contribution in [-0.2, 0) is 6.18 Å². The zero-order valence-electron chi connectivity index (χ0n) is 12.9. The van der Waals surface area contributed by atoms with Crippen LogP contribution in [0.5, 0.6) is 5.88 Å². The molecule has 0 aliphatic carbocycles. The van der Waals surface area contributed by atoms with Gasteiger partial charge in [-0.25, -0.2) is 4.39 Å². The van der Waals surface area contributed by atoms with Gasteiger partial charge in [-0.1, -0.05) is 0 Å². The number of hydrogen-bond acceptors (Lipinski definition) is 5. The number of nitrogens with zero attached hydrogens (tertiary/aromatic N) is 3. The Kier molecular flexibility index (Phi) is 4.59. The smallest absolute Gasteiger partial charge is 0.416 e. The van der Waals surface area contributed by atoms with Gasteiger partial charge in [-0.2, -0.15) is 13.2 Å². The summed E-state index contributed by atoms with van der Waals surface area (Å²) < 4.78 is 52.0. The topological polar surface area (TPSA) is 104 Å². The number of halogens is 5. The van der Waals surface area contributed by atoms with Gasteiger partial charge in [0.15, 0.2) is 11.4 Å². The number of nitro benzene ring substituents is 1. The Bertz CT molecular complexity index is 1090. The third-order valence-corrected chi connectivity index (χ3v) is 4.16. The summed E-state index contributed by atoms with van der Waals surface area (Å²) in [4.78, 5) is 12.6. The molecule has 0 saturated carbocycles. The summed E-state index contributed by atoms with van der Waals surface area (Å²) in [5, 5.41) is 28.3. The first kappa shape index (κ1) is 18.8. The van der Waals surface area contributed by atoms with Gasteiger partial charge in [-0.15, -0.1) is 10.2 Å². The van der Waals surface area contributed by atoms with Crippen LogP contribution in [0.1, 0.15) is 5.56 Å². The lowest BCUT2D eigenvalue weighted by molar-refractivity contribution is -0.384. The van der Waals surface area contributed by atoms with Crippen LogP contribution in [0.15, 0.2) is 45.0 Å². The van der Waals surface area contributed by atoms with Crippen molar-refractivity contribution in [2.45, 2.75) is 6.18 Å². The van der Waals surface area contributed by atoms with Gasteiger partial charge in [0.1, 0.15) is 5.82 Å². The van der Waals surface area contributed by atoms with E-state index in [-0.39, 0.29) is 15.5 Å². The standard InChI is InChI=1S/C15H7BrF4N4O3/c16-9-5-7(17)4-8-12(9)21-14(25)13(8)23-22-10-2-1-6(15(18,19)20)3-11(10)24(26)27/h1-5,21,25H. The first-order valence-corrected chi connectivity index (χ1v) is 7.84. The predicted molar refractivity (Wildman–Crippen MR) is 89.9 cm³/mol. The Labute approximate surface area is 155 Å². The van der Waals surface area contributed by atoms with E-state index in [2.05, 4.69) is 31.1 Å². The number of aromatic amines is 1. The highest BCUT2D eigenvalue weighted by Gasteiger charge is 2.33. The average Bonchev–Trinajstić information content (AvgIpc) is 2.87. The van der Waals surface area contributed by atoms with Gasteiger partial charge in [-0.05, 0) is 40.2 Å². The molecule has 1 heterocycles. The van der Waals surface area contributed by atoms with Crippen LogP contribution in [0.25, 0.3) is 10.9 Å². The van der Waals surface area contributed by atoms with E-state index in [1.165, 1.54) is 0 Å². The van der Waals surface area contributed by atoms with E-state index < -0.39 is 39.7 Å². The Morgan fingerprint density at radius 3 is 2.52 bits per heavy atom. The molecule has 0 saturated heterocycles. The Morgan fingerprint density at radius 2 is 1.89 bits per heavy atom. The molecule has 3 rings (SSSR count). The summed E-state index contributed by atoms with van der Waals surface area (Å²) in [6, 6.07) is 3.92. The summed E-state index contributed by atoms with van der Waals surface area (Å²) in [5.74, 6) is -1.14. The summed E-state index contributed by atoms with van der Waals surface area (Å²) >= 11 is 3.10. The van der Waals surface area contributed by atoms with E-state index in [1.54, 1.807) is 0 Å². The molecule has 0 bridgehead atoms. The van der Waals surface area contributed by atoms with Crippen LogP contribution in [-0.4, -0.2) is 15.0 Å². The molecule has 0 atom stereocenters. The van der Waals surface area contributed by atoms with Crippen molar-refractivity contribution in [3.8, 4) is 5.88 Å². The molecule has 0 aliphatic heterocycles. The van der Waals surface area contributed by atoms with Crippen molar-refractivity contribution < 1.29 is 27.6 Å². The summed E-state index contributed by atoms with van der Waals surface area (Å²) in [6.45, 7) is 0. The molecule has 0 unspecified atom stereocenters. The molecule has 3 aromatic rings. The molecule has 0 spiro atoms. The third kappa shape index (κ3) is 3.60. The number of fused-ring (bicyclic) bond motifs is 1. The van der Waals surface area contributed by atoms with Crippen molar-refractivity contribution in [2.75, 3.05) is 0 Å². The second-order valence-corrected chi connectivity index (χ2v) is 6.15. The van der Waals surface area contributed by atoms with E-state index in [0.717, 1.165) is 18.2 Å². The van der Waals surface area contributed by atoms with Gasteiger partial charge >= 0.3 is 6.18 Å². The van der Waals surface area contributed by atoms with Gasteiger partial charge in [0, 0.05) is 15.9 Å². The highest BCUT2D eigenvalue weighted by Crippen LogP contribution is 2.41. The second-order valence-electron chi connectivity index (χ2n) is 5.29. The lowest BCUT2D eigenvalue weighted by Gasteiger charge is -2.06. The molecule has 27 heavy (non-hydrogen) atoms. The van der Waals surface area contributed by atoms with Gasteiger partial charge in [0.25, 0.3) is 5.69 Å². The number of alkyl halides is 3. The third-order valence-electron chi connectivity index (χ3n) is 3.54. The maximum Gasteiger partial charge on any atom is 0.416 e. The number of hydrogen-bond donors (Lipinski definition) is 2. The molecule has 0 amide bonds. The fraction of sp³-hybridized carbons (Fsp3) is 0.0667. The van der Waals surface area contributed by atoms with Crippen LogP contribution in [0, 0.1) is 15.9 Å². The monoisotopic (exact) mass is 446 g/mol. The number of azo groups is 1. The Morgan fingerprint density at radius 1 is 1.19 bits per heavy atom. The van der Waals surface area contributed by atoms with Gasteiger partial charge < -0.3 is 10.1 Å². The lowest BCUT2D eigenvalue weighted by Crippen LogP contribution is -2.05. The van der Waals surface area contributed by atoms with Crippen LogP contribution in [0.3, 0.4) is 0 Å². The number of rotatable bonds is 3. The minimum atomic E-state index is -4.76. The number of aromatic hydroxyl groups is 1. The molecular formula is C15H7BrF4N4O3. The fourth-order valence-electron chi connectivity index (χ4n) is 2.33. The van der Waals surface area contributed by atoms with Crippen molar-refractivity contribution >= 4 is 43.9 Å². The van der Waals surface area contributed by atoms with Gasteiger partial charge in [0.2, 0.25) is 5.88 Å². The molecule has 7 nitrogen and oxygen atoms in total. The quantitative estimate of drug-likeness (QED) is 0.219. The number of benzene rings is 2. The molecule has 0 aliphatic rings. The minimum absolute atomic E-state index is 0.123. The fourth-order valence-corrected chi connectivity index (χ4v) is 2.86. The van der Waals surface area contributed by atoms with E-state index >= 15 is 0 Å². The highest BCUT2D eigenvalue weighted by atomic mass is 79.9. The van der Waals surface area contributed by atoms with Crippen molar-refractivity contribution in [2.24, 2.45) is 10.2 Å². The van der Waals surface area contributed by atoms with E-state index in [1.807, 2.05) is 0 Å². The van der Waals surface area contributed by atoms with E-state index in [0.29, 0.717) is 17.6 Å². The van der Waals surface area contributed by atoms with Crippen molar-refractivity contribution in [3.05, 3.63) is 56.3 Å². The minimum Gasteiger partial charge on any atom is -0.493 e. The van der Waals surface area contributed by atoms with Crippen LogP contribution in [0.2, 0.25) is 0 Å². The summed E-state index contributed by atoms with van der Waals surface area (Å²) in [6.07, 6.45) is -4.76. The van der Waals surface area contributed by atoms with Crippen LogP contribution in [0.4, 0.5) is 34.6 Å².